The summed E-state index contributed by atoms with van der Waals surface area (Å²) in [6, 6.07) is 14.4. The highest BCUT2D eigenvalue weighted by Gasteiger charge is 2.21. The fourth-order valence-corrected chi connectivity index (χ4v) is 3.13. The number of hydrogen-bond acceptors (Lipinski definition) is 3. The number of carbonyl (C=O) groups excluding carboxylic acids is 1. The van der Waals surface area contributed by atoms with Gasteiger partial charge in [0, 0.05) is 18.8 Å². The summed E-state index contributed by atoms with van der Waals surface area (Å²) in [7, 11) is 2.09. The van der Waals surface area contributed by atoms with Crippen molar-refractivity contribution in [2.24, 2.45) is 0 Å². The molecule has 0 atom stereocenters. The molecule has 0 radical (unpaired) electrons. The van der Waals surface area contributed by atoms with Crippen LogP contribution in [-0.4, -0.2) is 36.1 Å². The molecule has 4 heteroatoms. The van der Waals surface area contributed by atoms with E-state index in [1.54, 1.807) is 0 Å². The number of hydrogen-bond donors (Lipinski definition) is 2. The quantitative estimate of drug-likeness (QED) is 0.913. The maximum atomic E-state index is 11.8. The molecule has 0 aliphatic carbocycles. The second kappa shape index (κ2) is 6.94. The number of carbonyl (C=O) groups is 1. The van der Waals surface area contributed by atoms with Gasteiger partial charge in [-0.25, -0.2) is 0 Å². The minimum absolute atomic E-state index is 0.129. The summed E-state index contributed by atoms with van der Waals surface area (Å²) in [5.41, 5.74) is 5.82. The van der Waals surface area contributed by atoms with E-state index in [-0.39, 0.29) is 18.9 Å². The number of anilines is 1. The predicted molar refractivity (Wildman–Crippen MR) is 92.2 cm³/mol. The average molecular weight is 310 g/mol. The summed E-state index contributed by atoms with van der Waals surface area (Å²) >= 11 is 0. The summed E-state index contributed by atoms with van der Waals surface area (Å²) < 4.78 is 0. The number of nitrogens with zero attached hydrogens (tertiary/aromatic N) is 1. The van der Waals surface area contributed by atoms with Gasteiger partial charge in [-0.15, -0.1) is 0 Å². The Bertz CT molecular complexity index is 698. The Morgan fingerprint density at radius 1 is 1.17 bits per heavy atom. The molecule has 2 aromatic rings. The van der Waals surface area contributed by atoms with E-state index in [4.69, 9.17) is 5.11 Å². The smallest absolute Gasteiger partial charge is 0.226 e. The van der Waals surface area contributed by atoms with Crippen molar-refractivity contribution in [3.63, 3.8) is 0 Å². The molecule has 2 aromatic carbocycles. The zero-order valence-corrected chi connectivity index (χ0v) is 13.4. The summed E-state index contributed by atoms with van der Waals surface area (Å²) in [6.07, 6.45) is 1.10. The Morgan fingerprint density at radius 2 is 1.96 bits per heavy atom. The van der Waals surface area contributed by atoms with Crippen LogP contribution in [0.3, 0.4) is 0 Å². The lowest BCUT2D eigenvalue weighted by atomic mass is 9.89. The Kier molecular flexibility index (Phi) is 4.74. The van der Waals surface area contributed by atoms with Gasteiger partial charge >= 0.3 is 0 Å². The van der Waals surface area contributed by atoms with Gasteiger partial charge in [0.2, 0.25) is 5.91 Å². The third-order valence-corrected chi connectivity index (χ3v) is 4.30. The second-order valence-corrected chi connectivity index (χ2v) is 5.99. The topological polar surface area (TPSA) is 52.6 Å². The van der Waals surface area contributed by atoms with E-state index in [0.717, 1.165) is 25.2 Å². The SMILES string of the molecule is CN1CCc2c(-c3ccccc3)ccc(NC(=O)CCO)c2C1. The minimum Gasteiger partial charge on any atom is -0.396 e. The maximum absolute atomic E-state index is 11.8. The predicted octanol–water partition coefficient (Wildman–Crippen LogP) is 2.66. The molecule has 1 aliphatic rings. The molecule has 0 saturated carbocycles. The Hall–Kier alpha value is -2.17. The number of rotatable bonds is 4. The number of benzene rings is 2. The molecule has 120 valence electrons. The van der Waals surface area contributed by atoms with Gasteiger partial charge in [0.15, 0.2) is 0 Å². The first-order valence-electron chi connectivity index (χ1n) is 7.98. The van der Waals surface area contributed by atoms with Crippen molar-refractivity contribution in [3.8, 4) is 11.1 Å². The van der Waals surface area contributed by atoms with Gasteiger partial charge in [-0.05, 0) is 41.8 Å². The van der Waals surface area contributed by atoms with Gasteiger partial charge in [0.05, 0.1) is 13.0 Å². The van der Waals surface area contributed by atoms with Crippen molar-refractivity contribution >= 4 is 11.6 Å². The van der Waals surface area contributed by atoms with Crippen LogP contribution in [0.25, 0.3) is 11.1 Å². The molecule has 1 aliphatic heterocycles. The molecule has 3 rings (SSSR count). The van der Waals surface area contributed by atoms with Gasteiger partial charge in [-0.3, -0.25) is 4.79 Å². The van der Waals surface area contributed by atoms with Gasteiger partial charge in [0.1, 0.15) is 0 Å². The summed E-state index contributed by atoms with van der Waals surface area (Å²) in [5, 5.41) is 11.9. The molecule has 23 heavy (non-hydrogen) atoms. The molecule has 0 fully saturated rings. The standard InChI is InChI=1S/C19H22N2O2/c1-21-11-9-16-15(14-5-3-2-4-6-14)7-8-18(17(16)13-21)20-19(23)10-12-22/h2-8,22H,9-13H2,1H3,(H,20,23). The highest BCUT2D eigenvalue weighted by molar-refractivity contribution is 5.92. The summed E-state index contributed by atoms with van der Waals surface area (Å²) in [5.74, 6) is -0.143. The molecule has 0 unspecified atom stereocenters. The second-order valence-electron chi connectivity index (χ2n) is 5.99. The first-order chi connectivity index (χ1) is 11.2. The minimum atomic E-state index is -0.143. The third kappa shape index (κ3) is 3.44. The molecule has 1 heterocycles. The number of aliphatic hydroxyl groups is 1. The fraction of sp³-hybridized carbons (Fsp3) is 0.316. The van der Waals surface area contributed by atoms with Crippen LogP contribution in [0, 0.1) is 0 Å². The van der Waals surface area contributed by atoms with Crippen LogP contribution in [0.1, 0.15) is 17.5 Å². The van der Waals surface area contributed by atoms with Crippen LogP contribution in [-0.2, 0) is 17.8 Å². The van der Waals surface area contributed by atoms with Crippen LogP contribution < -0.4 is 5.32 Å². The lowest BCUT2D eigenvalue weighted by Crippen LogP contribution is -2.28. The number of nitrogens with one attached hydrogen (secondary N) is 1. The molecule has 0 aromatic heterocycles. The molecule has 0 saturated heterocycles. The van der Waals surface area contributed by atoms with Gasteiger partial charge < -0.3 is 15.3 Å². The molecule has 4 nitrogen and oxygen atoms in total. The first-order valence-corrected chi connectivity index (χ1v) is 7.98. The molecular formula is C19H22N2O2. The van der Waals surface area contributed by atoms with E-state index < -0.39 is 0 Å². The van der Waals surface area contributed by atoms with Crippen molar-refractivity contribution in [2.75, 3.05) is 25.5 Å². The number of likely N-dealkylation sites (N-methyl/N-ethyl adjacent to an activating group) is 1. The number of aliphatic hydroxyl groups excluding tert-OH is 1. The molecule has 0 spiro atoms. The van der Waals surface area contributed by atoms with Gasteiger partial charge in [-0.1, -0.05) is 36.4 Å². The Balaban J connectivity index is 2.02. The average Bonchev–Trinajstić information content (AvgIpc) is 2.56. The van der Waals surface area contributed by atoms with E-state index in [1.807, 2.05) is 24.3 Å². The molecule has 1 amide bonds. The van der Waals surface area contributed by atoms with Crippen molar-refractivity contribution in [2.45, 2.75) is 19.4 Å². The number of amides is 1. The van der Waals surface area contributed by atoms with Crippen LogP contribution in [0.4, 0.5) is 5.69 Å². The largest absolute Gasteiger partial charge is 0.396 e. The van der Waals surface area contributed by atoms with Crippen molar-refractivity contribution < 1.29 is 9.90 Å². The van der Waals surface area contributed by atoms with Gasteiger partial charge in [-0.2, -0.15) is 0 Å². The monoisotopic (exact) mass is 310 g/mol. The Labute approximate surface area is 136 Å². The highest BCUT2D eigenvalue weighted by atomic mass is 16.3. The fourth-order valence-electron chi connectivity index (χ4n) is 3.13. The third-order valence-electron chi connectivity index (χ3n) is 4.30. The molecular weight excluding hydrogens is 288 g/mol. The Morgan fingerprint density at radius 3 is 2.70 bits per heavy atom. The zero-order valence-electron chi connectivity index (χ0n) is 13.4. The van der Waals surface area contributed by atoms with E-state index in [1.165, 1.54) is 22.3 Å². The van der Waals surface area contributed by atoms with Crippen molar-refractivity contribution in [1.29, 1.82) is 0 Å². The van der Waals surface area contributed by atoms with E-state index in [9.17, 15) is 4.79 Å². The van der Waals surface area contributed by atoms with Crippen LogP contribution in [0.5, 0.6) is 0 Å². The van der Waals surface area contributed by atoms with E-state index in [0.29, 0.717) is 0 Å². The first kappa shape index (κ1) is 15.7. The zero-order chi connectivity index (χ0) is 16.2. The summed E-state index contributed by atoms with van der Waals surface area (Å²) in [4.78, 5) is 14.1. The van der Waals surface area contributed by atoms with Crippen LogP contribution in [0.2, 0.25) is 0 Å². The van der Waals surface area contributed by atoms with Crippen LogP contribution >= 0.6 is 0 Å². The van der Waals surface area contributed by atoms with E-state index in [2.05, 4.69) is 35.5 Å². The van der Waals surface area contributed by atoms with Crippen LogP contribution in [0.15, 0.2) is 42.5 Å². The highest BCUT2D eigenvalue weighted by Crippen LogP contribution is 2.34. The number of fused-ring (bicyclic) bond motifs is 1. The molecule has 2 N–H and O–H groups in total. The van der Waals surface area contributed by atoms with Crippen molar-refractivity contribution in [3.05, 3.63) is 53.6 Å². The van der Waals surface area contributed by atoms with Gasteiger partial charge in [0.25, 0.3) is 0 Å². The molecule has 0 bridgehead atoms. The van der Waals surface area contributed by atoms with E-state index >= 15 is 0 Å². The lowest BCUT2D eigenvalue weighted by Gasteiger charge is -2.29. The summed E-state index contributed by atoms with van der Waals surface area (Å²) in [6.45, 7) is 1.71. The van der Waals surface area contributed by atoms with Crippen molar-refractivity contribution in [1.82, 2.24) is 4.90 Å². The normalized spacial score (nSPS) is 14.3. The lowest BCUT2D eigenvalue weighted by molar-refractivity contribution is -0.116. The maximum Gasteiger partial charge on any atom is 0.226 e.